The van der Waals surface area contributed by atoms with Crippen LogP contribution in [0.5, 0.6) is 0 Å². The lowest BCUT2D eigenvalue weighted by Gasteiger charge is -2.36. The molecule has 1 aliphatic carbocycles. The molecule has 4 aromatic carbocycles. The van der Waals surface area contributed by atoms with Gasteiger partial charge in [0.1, 0.15) is 0 Å². The number of hydrogen-bond donors (Lipinski definition) is 0. The van der Waals surface area contributed by atoms with Crippen LogP contribution in [0.1, 0.15) is 102 Å². The van der Waals surface area contributed by atoms with Crippen LogP contribution in [0, 0.1) is 48.8 Å². The van der Waals surface area contributed by atoms with Gasteiger partial charge in [0.05, 0.1) is 10.5 Å². The smallest absolute Gasteiger partial charge is 0.303 e. The normalized spacial score (nSPS) is 15.7. The van der Waals surface area contributed by atoms with Crippen molar-refractivity contribution in [2.45, 2.75) is 96.0 Å². The van der Waals surface area contributed by atoms with Gasteiger partial charge in [-0.3, -0.25) is 0 Å². The minimum atomic E-state index is -4.57. The number of aryl methyl sites for hydroxylation is 1. The standard InChI is InChI=1S/C43H42F8N2S/c1-9-25-11-14-32(27(10-2)15-25)53(20-26-16-29(28-12-13-28)18-30(17-26)42(6,7)8)22(3)19-52-21-31-34(37(46)39(48)38(47)36(31)45)43(50,51)33-23(4)24(5)35(44)40(49)41(33)54-52/h9,11,14-18,28H,1,3,10,12-13,19-21H2,2,4-8H3. The molecule has 0 radical (unpaired) electrons. The minimum absolute atomic E-state index is 0.171. The van der Waals surface area contributed by atoms with Crippen molar-refractivity contribution in [2.24, 2.45) is 0 Å². The summed E-state index contributed by atoms with van der Waals surface area (Å²) in [6.07, 6.45) is 4.48. The predicted molar refractivity (Wildman–Crippen MR) is 200 cm³/mol. The fourth-order valence-electron chi connectivity index (χ4n) is 7.08. The lowest BCUT2D eigenvalue weighted by Crippen LogP contribution is -2.34. The van der Waals surface area contributed by atoms with Crippen molar-refractivity contribution in [3.63, 3.8) is 0 Å². The molecule has 1 fully saturated rings. The third-order valence-electron chi connectivity index (χ3n) is 10.5. The summed E-state index contributed by atoms with van der Waals surface area (Å²) >= 11 is 0.361. The molecule has 0 atom stereocenters. The molecule has 0 amide bonds. The Balaban J connectivity index is 1.51. The molecule has 0 unspecified atom stereocenters. The van der Waals surface area contributed by atoms with Crippen molar-refractivity contribution in [1.29, 1.82) is 0 Å². The third-order valence-corrected chi connectivity index (χ3v) is 11.5. The molecular formula is C43H42F8N2S. The third kappa shape index (κ3) is 7.09. The molecule has 1 saturated carbocycles. The van der Waals surface area contributed by atoms with Gasteiger partial charge in [-0.15, -0.1) is 0 Å². The highest BCUT2D eigenvalue weighted by Gasteiger charge is 2.49. The number of rotatable bonds is 9. The molecule has 2 nitrogen and oxygen atoms in total. The van der Waals surface area contributed by atoms with Crippen LogP contribution in [0.15, 0.2) is 60.1 Å². The summed E-state index contributed by atoms with van der Waals surface area (Å²) in [5.74, 6) is -16.2. The van der Waals surface area contributed by atoms with Crippen LogP contribution >= 0.6 is 11.9 Å². The lowest BCUT2D eigenvalue weighted by molar-refractivity contribution is 0.0306. The number of fused-ring (bicyclic) bond motifs is 2. The zero-order valence-corrected chi connectivity index (χ0v) is 31.9. The number of benzene rings is 4. The Hall–Kier alpha value is -4.09. The largest absolute Gasteiger partial charge is 0.340 e. The number of alkyl halides is 2. The molecule has 286 valence electrons. The monoisotopic (exact) mass is 770 g/mol. The second-order valence-electron chi connectivity index (χ2n) is 15.2. The summed E-state index contributed by atoms with van der Waals surface area (Å²) in [6, 6.07) is 12.2. The van der Waals surface area contributed by atoms with Crippen LogP contribution in [0.2, 0.25) is 0 Å². The van der Waals surface area contributed by atoms with Crippen molar-refractivity contribution in [3.8, 4) is 0 Å². The summed E-state index contributed by atoms with van der Waals surface area (Å²) in [5, 5.41) is 0. The van der Waals surface area contributed by atoms with Crippen LogP contribution in [0.4, 0.5) is 40.8 Å². The molecule has 11 heteroatoms. The van der Waals surface area contributed by atoms with Crippen LogP contribution in [0.3, 0.4) is 0 Å². The molecule has 6 rings (SSSR count). The number of hydrogen-bond acceptors (Lipinski definition) is 3. The first kappa shape index (κ1) is 39.6. The summed E-state index contributed by atoms with van der Waals surface area (Å²) in [7, 11) is 0. The number of halogens is 8. The van der Waals surface area contributed by atoms with E-state index in [0.29, 0.717) is 30.0 Å². The highest BCUT2D eigenvalue weighted by Crippen LogP contribution is 2.51. The van der Waals surface area contributed by atoms with Crippen molar-refractivity contribution in [3.05, 3.63) is 146 Å². The van der Waals surface area contributed by atoms with Gasteiger partial charge in [0.25, 0.3) is 0 Å². The van der Waals surface area contributed by atoms with E-state index in [1.54, 1.807) is 6.08 Å². The molecule has 0 aromatic heterocycles. The van der Waals surface area contributed by atoms with Crippen molar-refractivity contribution < 1.29 is 35.1 Å². The fraction of sp³-hybridized carbons (Fsp3) is 0.349. The SMILES string of the molecule is C=Cc1ccc(N(Cc2cc(C3CC3)cc(C(C)(C)C)c2)C(=C)CN2Cc3c(F)c(F)c(F)c(F)c3C(F)(F)c3c(C)c(C)c(F)c(F)c3S2)c(CC)c1. The van der Waals surface area contributed by atoms with Gasteiger partial charge >= 0.3 is 5.92 Å². The predicted octanol–water partition coefficient (Wildman–Crippen LogP) is 12.7. The topological polar surface area (TPSA) is 6.48 Å². The van der Waals surface area contributed by atoms with Gasteiger partial charge in [0.15, 0.2) is 34.9 Å². The lowest BCUT2D eigenvalue weighted by atomic mass is 9.84. The van der Waals surface area contributed by atoms with E-state index in [2.05, 4.69) is 52.1 Å². The summed E-state index contributed by atoms with van der Waals surface area (Å²) in [4.78, 5) is 1.03. The van der Waals surface area contributed by atoms with Gasteiger partial charge in [-0.05, 0) is 107 Å². The molecule has 54 heavy (non-hydrogen) atoms. The number of nitrogens with zero attached hydrogens (tertiary/aromatic N) is 2. The Labute approximate surface area is 315 Å². The Morgan fingerprint density at radius 1 is 0.889 bits per heavy atom. The molecule has 1 aliphatic heterocycles. The maximum absolute atomic E-state index is 16.4. The quantitative estimate of drug-likeness (QED) is 0.0724. The van der Waals surface area contributed by atoms with E-state index in [0.717, 1.165) is 54.6 Å². The van der Waals surface area contributed by atoms with Gasteiger partial charge in [-0.2, -0.15) is 8.78 Å². The summed E-state index contributed by atoms with van der Waals surface area (Å²) in [6.45, 7) is 17.8. The summed E-state index contributed by atoms with van der Waals surface area (Å²) < 4.78 is 126. The second kappa shape index (κ2) is 14.5. The highest BCUT2D eigenvalue weighted by atomic mass is 32.2. The fourth-order valence-corrected chi connectivity index (χ4v) is 8.28. The van der Waals surface area contributed by atoms with E-state index >= 15 is 26.3 Å². The molecule has 4 aromatic rings. The molecule has 0 spiro atoms. The number of anilines is 1. The van der Waals surface area contributed by atoms with E-state index in [-0.39, 0.29) is 18.5 Å². The Morgan fingerprint density at radius 3 is 2.17 bits per heavy atom. The van der Waals surface area contributed by atoms with Crippen molar-refractivity contribution in [1.82, 2.24) is 4.31 Å². The summed E-state index contributed by atoms with van der Waals surface area (Å²) in [5.41, 5.74) is 0.987. The van der Waals surface area contributed by atoms with E-state index in [1.807, 2.05) is 30.0 Å². The Morgan fingerprint density at radius 2 is 1.56 bits per heavy atom. The van der Waals surface area contributed by atoms with Gasteiger partial charge in [0.2, 0.25) is 0 Å². The maximum Gasteiger partial charge on any atom is 0.303 e. The van der Waals surface area contributed by atoms with Crippen LogP contribution < -0.4 is 4.90 Å². The van der Waals surface area contributed by atoms with E-state index in [4.69, 9.17) is 0 Å². The first-order chi connectivity index (χ1) is 25.3. The van der Waals surface area contributed by atoms with Crippen molar-refractivity contribution >= 4 is 23.7 Å². The van der Waals surface area contributed by atoms with Crippen molar-refractivity contribution in [2.75, 3.05) is 11.4 Å². The van der Waals surface area contributed by atoms with E-state index in [9.17, 15) is 8.78 Å². The van der Waals surface area contributed by atoms with Crippen LogP contribution in [-0.2, 0) is 30.8 Å². The maximum atomic E-state index is 16.4. The highest BCUT2D eigenvalue weighted by molar-refractivity contribution is 7.97. The second-order valence-corrected chi connectivity index (χ2v) is 16.3. The minimum Gasteiger partial charge on any atom is -0.340 e. The molecular weight excluding hydrogens is 729 g/mol. The van der Waals surface area contributed by atoms with Crippen LogP contribution in [-0.4, -0.2) is 10.8 Å². The average Bonchev–Trinajstić information content (AvgIpc) is 3.98. The molecule has 2 aliphatic rings. The van der Waals surface area contributed by atoms with E-state index < -0.39 is 80.1 Å². The van der Waals surface area contributed by atoms with Gasteiger partial charge in [0, 0.05) is 42.1 Å². The molecule has 0 saturated heterocycles. The first-order valence-corrected chi connectivity index (χ1v) is 18.6. The van der Waals surface area contributed by atoms with E-state index in [1.165, 1.54) is 9.87 Å². The zero-order valence-electron chi connectivity index (χ0n) is 31.1. The van der Waals surface area contributed by atoms with Crippen LogP contribution in [0.25, 0.3) is 6.08 Å². The van der Waals surface area contributed by atoms with Gasteiger partial charge in [-0.25, -0.2) is 30.6 Å². The molecule has 0 N–H and O–H groups in total. The molecule has 0 bridgehead atoms. The first-order valence-electron chi connectivity index (χ1n) is 17.8. The molecule has 1 heterocycles. The average molecular weight is 771 g/mol. The van der Waals surface area contributed by atoms with Gasteiger partial charge < -0.3 is 4.90 Å². The van der Waals surface area contributed by atoms with Gasteiger partial charge in [-0.1, -0.05) is 71.2 Å². The Bertz CT molecular complexity index is 2110. The zero-order chi connectivity index (χ0) is 39.6. The Kier molecular flexibility index (Phi) is 10.7.